The fourth-order valence-electron chi connectivity index (χ4n) is 5.49. The van der Waals surface area contributed by atoms with E-state index in [4.69, 9.17) is 5.73 Å². The van der Waals surface area contributed by atoms with Crippen LogP contribution in [0.4, 0.5) is 0 Å². The van der Waals surface area contributed by atoms with Gasteiger partial charge in [-0.15, -0.1) is 0 Å². The zero-order valence-corrected chi connectivity index (χ0v) is 12.8. The van der Waals surface area contributed by atoms with E-state index in [9.17, 15) is 0 Å². The molecule has 20 heavy (non-hydrogen) atoms. The van der Waals surface area contributed by atoms with Gasteiger partial charge in [-0.1, -0.05) is 38.1 Å². The normalized spacial score (nSPS) is 39.1. The van der Waals surface area contributed by atoms with Crippen molar-refractivity contribution in [2.75, 3.05) is 0 Å². The summed E-state index contributed by atoms with van der Waals surface area (Å²) in [5.41, 5.74) is 9.49. The number of fused-ring (bicyclic) bond motifs is 5. The van der Waals surface area contributed by atoms with E-state index in [1.807, 2.05) is 0 Å². The number of hydrogen-bond acceptors (Lipinski definition) is 1. The summed E-state index contributed by atoms with van der Waals surface area (Å²) in [4.78, 5) is 0. The van der Waals surface area contributed by atoms with E-state index in [1.54, 1.807) is 0 Å². The molecule has 2 N–H and O–H groups in total. The summed E-state index contributed by atoms with van der Waals surface area (Å²) in [5, 5.41) is 0. The monoisotopic (exact) mass is 269 g/mol. The van der Waals surface area contributed by atoms with Crippen molar-refractivity contribution >= 4 is 0 Å². The van der Waals surface area contributed by atoms with Gasteiger partial charge in [0, 0.05) is 6.04 Å². The first-order valence-corrected chi connectivity index (χ1v) is 8.49. The van der Waals surface area contributed by atoms with E-state index in [1.165, 1.54) is 36.8 Å². The van der Waals surface area contributed by atoms with Crippen molar-refractivity contribution in [3.63, 3.8) is 0 Å². The van der Waals surface area contributed by atoms with E-state index in [0.29, 0.717) is 6.04 Å². The fourth-order valence-corrected chi connectivity index (χ4v) is 5.49. The molecular weight excluding hydrogens is 242 g/mol. The van der Waals surface area contributed by atoms with Crippen LogP contribution in [0.1, 0.15) is 50.3 Å². The van der Waals surface area contributed by atoms with Gasteiger partial charge in [-0.25, -0.2) is 0 Å². The van der Waals surface area contributed by atoms with Crippen molar-refractivity contribution in [3.8, 4) is 0 Å². The van der Waals surface area contributed by atoms with E-state index in [2.05, 4.69) is 38.1 Å². The maximum atomic E-state index is 6.64. The van der Waals surface area contributed by atoms with Crippen LogP contribution < -0.4 is 5.73 Å². The van der Waals surface area contributed by atoms with Gasteiger partial charge in [0.1, 0.15) is 0 Å². The van der Waals surface area contributed by atoms with Crippen LogP contribution in [0.25, 0.3) is 0 Å². The van der Waals surface area contributed by atoms with E-state index in [-0.39, 0.29) is 0 Å². The third kappa shape index (κ3) is 1.94. The summed E-state index contributed by atoms with van der Waals surface area (Å²) < 4.78 is 0. The molecule has 5 atom stereocenters. The van der Waals surface area contributed by atoms with Crippen molar-refractivity contribution in [1.29, 1.82) is 0 Å². The third-order valence-corrected chi connectivity index (χ3v) is 6.19. The highest BCUT2D eigenvalue weighted by atomic mass is 14.8. The Labute approximate surface area is 122 Å². The van der Waals surface area contributed by atoms with Crippen LogP contribution in [0.3, 0.4) is 0 Å². The first-order valence-electron chi connectivity index (χ1n) is 8.49. The summed E-state index contributed by atoms with van der Waals surface area (Å²) in [7, 11) is 0. The van der Waals surface area contributed by atoms with Gasteiger partial charge >= 0.3 is 0 Å². The fraction of sp³-hybridized carbons (Fsp3) is 0.684. The van der Waals surface area contributed by atoms with Crippen LogP contribution in [-0.4, -0.2) is 0 Å². The second-order valence-electron chi connectivity index (χ2n) is 7.93. The smallest absolute Gasteiger partial charge is 0.0329 e. The summed E-state index contributed by atoms with van der Waals surface area (Å²) in [6.45, 7) is 4.57. The largest absolute Gasteiger partial charge is 0.324 e. The lowest BCUT2D eigenvalue weighted by molar-refractivity contribution is 0.417. The SMILES string of the molecule is CC(C)Cc1cccc(C(N)C2C3C4CCC(C4)C32)c1. The van der Waals surface area contributed by atoms with Crippen LogP contribution in [0.5, 0.6) is 0 Å². The standard InChI is InChI=1S/C19H27N/c1-11(2)8-12-4-3-5-15(9-12)19(20)18-16-13-6-7-14(10-13)17(16)18/h3-5,9,11,13-14,16-19H,6-8,10,20H2,1-2H3. The molecule has 0 saturated heterocycles. The Kier molecular flexibility index (Phi) is 2.96. The average Bonchev–Trinajstić information content (AvgIpc) is 2.85. The molecule has 5 unspecified atom stereocenters. The van der Waals surface area contributed by atoms with Crippen molar-refractivity contribution in [2.24, 2.45) is 41.2 Å². The second kappa shape index (κ2) is 4.59. The van der Waals surface area contributed by atoms with Gasteiger partial charge in [-0.3, -0.25) is 0 Å². The topological polar surface area (TPSA) is 26.0 Å². The molecule has 0 heterocycles. The van der Waals surface area contributed by atoms with Gasteiger partial charge in [0.15, 0.2) is 0 Å². The molecule has 4 rings (SSSR count). The first-order chi connectivity index (χ1) is 9.65. The molecule has 0 radical (unpaired) electrons. The molecule has 1 aromatic rings. The van der Waals surface area contributed by atoms with Crippen molar-refractivity contribution in [2.45, 2.75) is 45.6 Å². The van der Waals surface area contributed by atoms with Gasteiger partial charge in [0.25, 0.3) is 0 Å². The predicted molar refractivity (Wildman–Crippen MR) is 83.2 cm³/mol. The predicted octanol–water partition coefficient (Wildman–Crippen LogP) is 4.18. The highest BCUT2D eigenvalue weighted by Gasteiger charge is 2.66. The van der Waals surface area contributed by atoms with Crippen LogP contribution in [-0.2, 0) is 6.42 Å². The number of hydrogen-bond donors (Lipinski definition) is 1. The Morgan fingerprint density at radius 3 is 2.50 bits per heavy atom. The van der Waals surface area contributed by atoms with Gasteiger partial charge in [-0.2, -0.15) is 0 Å². The summed E-state index contributed by atoms with van der Waals surface area (Å²) in [6.07, 6.45) is 5.67. The van der Waals surface area contributed by atoms with Crippen LogP contribution >= 0.6 is 0 Å². The summed E-state index contributed by atoms with van der Waals surface area (Å²) in [5.74, 6) is 5.54. The molecule has 108 valence electrons. The van der Waals surface area contributed by atoms with Crippen LogP contribution in [0.2, 0.25) is 0 Å². The molecule has 3 saturated carbocycles. The Hall–Kier alpha value is -0.820. The molecular formula is C19H27N. The van der Waals surface area contributed by atoms with Crippen molar-refractivity contribution < 1.29 is 0 Å². The molecule has 0 aliphatic heterocycles. The van der Waals surface area contributed by atoms with E-state index >= 15 is 0 Å². The Balaban J connectivity index is 1.51. The molecule has 2 bridgehead atoms. The van der Waals surface area contributed by atoms with Crippen LogP contribution in [0, 0.1) is 35.5 Å². The Bertz CT molecular complexity index is 490. The average molecular weight is 269 g/mol. The molecule has 0 aromatic heterocycles. The molecule has 0 amide bonds. The van der Waals surface area contributed by atoms with Crippen molar-refractivity contribution in [1.82, 2.24) is 0 Å². The lowest BCUT2D eigenvalue weighted by Gasteiger charge is -2.17. The van der Waals surface area contributed by atoms with Gasteiger partial charge in [0.05, 0.1) is 0 Å². The third-order valence-electron chi connectivity index (χ3n) is 6.19. The molecule has 1 heteroatoms. The van der Waals surface area contributed by atoms with Gasteiger partial charge < -0.3 is 5.73 Å². The van der Waals surface area contributed by atoms with Gasteiger partial charge in [-0.05, 0) is 72.3 Å². The highest BCUT2D eigenvalue weighted by molar-refractivity contribution is 5.30. The quantitative estimate of drug-likeness (QED) is 0.872. The van der Waals surface area contributed by atoms with Crippen molar-refractivity contribution in [3.05, 3.63) is 35.4 Å². The number of benzene rings is 1. The Morgan fingerprint density at radius 2 is 1.85 bits per heavy atom. The summed E-state index contributed by atoms with van der Waals surface area (Å²) in [6, 6.07) is 9.39. The number of rotatable bonds is 4. The van der Waals surface area contributed by atoms with E-state index < -0.39 is 0 Å². The molecule has 0 spiro atoms. The zero-order chi connectivity index (χ0) is 13.9. The minimum atomic E-state index is 0.292. The lowest BCUT2D eigenvalue weighted by Crippen LogP contribution is -2.17. The van der Waals surface area contributed by atoms with Crippen LogP contribution in [0.15, 0.2) is 24.3 Å². The maximum Gasteiger partial charge on any atom is 0.0329 e. The van der Waals surface area contributed by atoms with E-state index in [0.717, 1.165) is 35.5 Å². The zero-order valence-electron chi connectivity index (χ0n) is 12.8. The molecule has 3 aliphatic rings. The minimum Gasteiger partial charge on any atom is -0.324 e. The number of nitrogens with two attached hydrogens (primary N) is 1. The second-order valence-corrected chi connectivity index (χ2v) is 7.93. The molecule has 1 nitrogen and oxygen atoms in total. The maximum absolute atomic E-state index is 6.64. The van der Waals surface area contributed by atoms with Gasteiger partial charge in [0.2, 0.25) is 0 Å². The lowest BCUT2D eigenvalue weighted by atomic mass is 9.92. The Morgan fingerprint density at radius 1 is 1.15 bits per heavy atom. The summed E-state index contributed by atoms with van der Waals surface area (Å²) >= 11 is 0. The molecule has 1 aromatic carbocycles. The molecule has 3 aliphatic carbocycles. The minimum absolute atomic E-state index is 0.292. The molecule has 3 fully saturated rings. The first kappa shape index (κ1) is 12.9. The highest BCUT2D eigenvalue weighted by Crippen LogP contribution is 2.71.